The Kier molecular flexibility index (Phi) is 7.07. The summed E-state index contributed by atoms with van der Waals surface area (Å²) < 4.78 is 39.7. The minimum atomic E-state index is -3.69. The highest BCUT2D eigenvalue weighted by molar-refractivity contribution is 7.89. The summed E-state index contributed by atoms with van der Waals surface area (Å²) in [5, 5.41) is 0.659. The maximum absolute atomic E-state index is 13.1. The number of methoxy groups -OCH3 is 1. The van der Waals surface area contributed by atoms with Gasteiger partial charge in [0.15, 0.2) is 0 Å². The van der Waals surface area contributed by atoms with Crippen molar-refractivity contribution in [1.29, 1.82) is 0 Å². The molecular weight excluding hydrogens is 430 g/mol. The van der Waals surface area contributed by atoms with E-state index in [0.717, 1.165) is 5.75 Å². The van der Waals surface area contributed by atoms with Crippen LogP contribution >= 0.6 is 11.6 Å². The zero-order valence-corrected chi connectivity index (χ0v) is 18.9. The topological polar surface area (TPSA) is 81.1 Å². The maximum atomic E-state index is 13.1. The Labute approximate surface area is 182 Å². The van der Waals surface area contributed by atoms with Crippen molar-refractivity contribution in [2.45, 2.75) is 11.8 Å². The summed E-state index contributed by atoms with van der Waals surface area (Å²) in [6.45, 7) is 4.87. The number of ether oxygens (including phenoxy) is 2. The van der Waals surface area contributed by atoms with Crippen molar-refractivity contribution >= 4 is 27.6 Å². The van der Waals surface area contributed by atoms with Crippen LogP contribution in [0.5, 0.6) is 5.75 Å². The van der Waals surface area contributed by atoms with E-state index < -0.39 is 16.0 Å². The Balaban J connectivity index is 1.57. The monoisotopic (exact) mass is 455 g/mol. The fraction of sp³-hybridized carbons (Fsp3) is 0.450. The fourth-order valence-electron chi connectivity index (χ4n) is 3.39. The largest absolute Gasteiger partial charge is 0.492 e. The molecule has 164 valence electrons. The summed E-state index contributed by atoms with van der Waals surface area (Å²) in [5.41, 5.74) is 0.723. The van der Waals surface area contributed by atoms with Gasteiger partial charge in [0.05, 0.1) is 7.11 Å². The molecule has 3 rings (SSSR count). The van der Waals surface area contributed by atoms with Crippen LogP contribution in [-0.2, 0) is 21.8 Å². The molecule has 2 heterocycles. The van der Waals surface area contributed by atoms with Crippen molar-refractivity contribution in [1.82, 2.24) is 13.8 Å². The second kappa shape index (κ2) is 9.38. The van der Waals surface area contributed by atoms with Crippen molar-refractivity contribution in [3.05, 3.63) is 46.7 Å². The number of esters is 1. The molecule has 0 N–H and O–H groups in total. The van der Waals surface area contributed by atoms with Crippen LogP contribution in [-0.4, -0.2) is 74.6 Å². The van der Waals surface area contributed by atoms with Crippen LogP contribution in [0.15, 0.2) is 35.2 Å². The Morgan fingerprint density at radius 3 is 2.37 bits per heavy atom. The average molecular weight is 456 g/mol. The first kappa shape index (κ1) is 22.6. The molecule has 1 aliphatic heterocycles. The van der Waals surface area contributed by atoms with Crippen LogP contribution in [0.2, 0.25) is 5.02 Å². The molecule has 1 aromatic heterocycles. The molecule has 0 unspecified atom stereocenters. The van der Waals surface area contributed by atoms with Crippen LogP contribution in [0.25, 0.3) is 0 Å². The normalized spacial score (nSPS) is 15.9. The quantitative estimate of drug-likeness (QED) is 0.595. The predicted octanol–water partition coefficient (Wildman–Crippen LogP) is 2.16. The lowest BCUT2D eigenvalue weighted by molar-refractivity contribution is 0.0589. The standard InChI is InChI=1S/C20H26ClN3O5S/c1-15-19(14-18(22(15)2)20(25)28-3)30(26,27)24-10-8-23(9-11-24)12-13-29-17-6-4-16(21)5-7-17/h4-7,14H,8-13H2,1-3H3. The van der Waals surface area contributed by atoms with E-state index in [4.69, 9.17) is 21.1 Å². The van der Waals surface area contributed by atoms with Gasteiger partial charge in [-0.3, -0.25) is 4.90 Å². The Hall–Kier alpha value is -2.07. The van der Waals surface area contributed by atoms with Gasteiger partial charge in [-0.15, -0.1) is 0 Å². The molecule has 0 atom stereocenters. The number of benzene rings is 1. The van der Waals surface area contributed by atoms with Gasteiger partial charge in [0, 0.05) is 50.5 Å². The van der Waals surface area contributed by atoms with Crippen molar-refractivity contribution in [3.8, 4) is 5.75 Å². The number of nitrogens with zero attached hydrogens (tertiary/aromatic N) is 3. The number of hydrogen-bond acceptors (Lipinski definition) is 6. The summed E-state index contributed by atoms with van der Waals surface area (Å²) in [6.07, 6.45) is 0. The van der Waals surface area contributed by atoms with Gasteiger partial charge < -0.3 is 14.0 Å². The highest BCUT2D eigenvalue weighted by Crippen LogP contribution is 2.25. The van der Waals surface area contributed by atoms with Crippen LogP contribution in [0.3, 0.4) is 0 Å². The molecule has 0 spiro atoms. The van der Waals surface area contributed by atoms with Crippen molar-refractivity contribution < 1.29 is 22.7 Å². The van der Waals surface area contributed by atoms with Crippen LogP contribution in [0, 0.1) is 6.92 Å². The molecule has 2 aromatic rings. The van der Waals surface area contributed by atoms with Gasteiger partial charge in [-0.2, -0.15) is 4.31 Å². The van der Waals surface area contributed by atoms with E-state index in [1.807, 2.05) is 12.1 Å². The molecule has 30 heavy (non-hydrogen) atoms. The second-order valence-electron chi connectivity index (χ2n) is 7.08. The predicted molar refractivity (Wildman–Crippen MR) is 114 cm³/mol. The van der Waals surface area contributed by atoms with Gasteiger partial charge in [-0.1, -0.05) is 11.6 Å². The van der Waals surface area contributed by atoms with Gasteiger partial charge in [0.25, 0.3) is 0 Å². The van der Waals surface area contributed by atoms with Crippen molar-refractivity contribution in [2.75, 3.05) is 46.4 Å². The van der Waals surface area contributed by atoms with E-state index in [1.54, 1.807) is 30.7 Å². The molecule has 0 bridgehead atoms. The van der Waals surface area contributed by atoms with Gasteiger partial charge in [0.2, 0.25) is 10.0 Å². The number of rotatable bonds is 7. The minimum Gasteiger partial charge on any atom is -0.492 e. The maximum Gasteiger partial charge on any atom is 0.354 e. The number of carbonyl (C=O) groups excluding carboxylic acids is 1. The van der Waals surface area contributed by atoms with Crippen LogP contribution in [0.1, 0.15) is 16.2 Å². The number of aromatic nitrogens is 1. The molecule has 0 amide bonds. The van der Waals surface area contributed by atoms with E-state index in [9.17, 15) is 13.2 Å². The lowest BCUT2D eigenvalue weighted by Crippen LogP contribution is -2.49. The lowest BCUT2D eigenvalue weighted by Gasteiger charge is -2.33. The van der Waals surface area contributed by atoms with Gasteiger partial charge >= 0.3 is 5.97 Å². The zero-order chi connectivity index (χ0) is 21.9. The summed E-state index contributed by atoms with van der Waals surface area (Å²) >= 11 is 5.86. The van der Waals surface area contributed by atoms with E-state index in [2.05, 4.69) is 4.90 Å². The Bertz CT molecular complexity index is 996. The SMILES string of the molecule is COC(=O)c1cc(S(=O)(=O)N2CCN(CCOc3ccc(Cl)cc3)CC2)c(C)n1C. The first-order chi connectivity index (χ1) is 14.2. The molecule has 0 saturated carbocycles. The van der Waals surface area contributed by atoms with Crippen LogP contribution < -0.4 is 4.74 Å². The van der Waals surface area contributed by atoms with E-state index >= 15 is 0 Å². The number of carbonyl (C=O) groups is 1. The molecule has 8 nitrogen and oxygen atoms in total. The summed E-state index contributed by atoms with van der Waals surface area (Å²) in [7, 11) is -0.768. The summed E-state index contributed by atoms with van der Waals surface area (Å²) in [4.78, 5) is 14.2. The highest BCUT2D eigenvalue weighted by atomic mass is 35.5. The average Bonchev–Trinajstić information content (AvgIpc) is 3.05. The molecule has 0 aliphatic carbocycles. The van der Waals surface area contributed by atoms with E-state index in [-0.39, 0.29) is 10.6 Å². The number of halogens is 1. The molecule has 10 heteroatoms. The first-order valence-electron chi connectivity index (χ1n) is 9.59. The van der Waals surface area contributed by atoms with Gasteiger partial charge in [-0.05, 0) is 37.3 Å². The third-order valence-corrected chi connectivity index (χ3v) is 7.59. The number of hydrogen-bond donors (Lipinski definition) is 0. The van der Waals surface area contributed by atoms with Gasteiger partial charge in [-0.25, -0.2) is 13.2 Å². The lowest BCUT2D eigenvalue weighted by atomic mass is 10.3. The minimum absolute atomic E-state index is 0.143. The molecule has 1 saturated heterocycles. The number of sulfonamides is 1. The number of piperazine rings is 1. The first-order valence-corrected chi connectivity index (χ1v) is 11.4. The summed E-state index contributed by atoms with van der Waals surface area (Å²) in [6, 6.07) is 8.58. The zero-order valence-electron chi connectivity index (χ0n) is 17.3. The summed E-state index contributed by atoms with van der Waals surface area (Å²) in [5.74, 6) is 0.189. The molecule has 1 aromatic carbocycles. The molecule has 0 radical (unpaired) electrons. The smallest absolute Gasteiger partial charge is 0.354 e. The van der Waals surface area contributed by atoms with Gasteiger partial charge in [0.1, 0.15) is 22.9 Å². The molecule has 1 aliphatic rings. The van der Waals surface area contributed by atoms with Crippen LogP contribution in [0.4, 0.5) is 0 Å². The third kappa shape index (κ3) is 4.80. The van der Waals surface area contributed by atoms with Crippen molar-refractivity contribution in [3.63, 3.8) is 0 Å². The highest BCUT2D eigenvalue weighted by Gasteiger charge is 2.32. The Morgan fingerprint density at radius 2 is 1.77 bits per heavy atom. The Morgan fingerprint density at radius 1 is 1.13 bits per heavy atom. The van der Waals surface area contributed by atoms with E-state index in [1.165, 1.54) is 17.5 Å². The molecular formula is C20H26ClN3O5S. The van der Waals surface area contributed by atoms with E-state index in [0.29, 0.717) is 50.0 Å². The van der Waals surface area contributed by atoms with Crippen molar-refractivity contribution in [2.24, 2.45) is 7.05 Å². The fourth-order valence-corrected chi connectivity index (χ4v) is 5.21. The second-order valence-corrected chi connectivity index (χ2v) is 9.42. The molecule has 1 fully saturated rings. The third-order valence-electron chi connectivity index (χ3n) is 5.32.